The molecule has 0 bridgehead atoms. The van der Waals surface area contributed by atoms with E-state index in [0.717, 1.165) is 49.9 Å². The fourth-order valence-electron chi connectivity index (χ4n) is 4.92. The first kappa shape index (κ1) is 25.9. The summed E-state index contributed by atoms with van der Waals surface area (Å²) in [5.74, 6) is -0.830. The van der Waals surface area contributed by atoms with Gasteiger partial charge < -0.3 is 24.7 Å². The van der Waals surface area contributed by atoms with Gasteiger partial charge in [0.25, 0.3) is 5.91 Å². The number of aryl methyl sites for hydroxylation is 1. The number of furan rings is 1. The predicted molar refractivity (Wildman–Crippen MR) is 134 cm³/mol. The summed E-state index contributed by atoms with van der Waals surface area (Å²) in [4.78, 5) is 43.6. The molecule has 1 saturated heterocycles. The number of nitrogens with one attached hydrogen (secondary N) is 2. The van der Waals surface area contributed by atoms with Gasteiger partial charge in [-0.2, -0.15) is 0 Å². The van der Waals surface area contributed by atoms with Crippen LogP contribution >= 0.6 is 0 Å². The predicted octanol–water partition coefficient (Wildman–Crippen LogP) is 2.28. The molecule has 0 radical (unpaired) electrons. The van der Waals surface area contributed by atoms with Crippen LogP contribution in [0.4, 0.5) is 0 Å². The highest BCUT2D eigenvalue weighted by molar-refractivity contribution is 5.95. The smallest absolute Gasteiger partial charge is 0.287 e. The number of morpholine rings is 1. The molecular weight excluding hydrogens is 460 g/mol. The minimum Gasteiger partial charge on any atom is -0.459 e. The van der Waals surface area contributed by atoms with E-state index >= 15 is 0 Å². The van der Waals surface area contributed by atoms with Crippen molar-refractivity contribution in [1.82, 2.24) is 20.4 Å². The van der Waals surface area contributed by atoms with Crippen molar-refractivity contribution in [3.8, 4) is 0 Å². The lowest BCUT2D eigenvalue weighted by atomic mass is 9.98. The van der Waals surface area contributed by atoms with E-state index in [1.807, 2.05) is 31.2 Å². The normalized spacial score (nSPS) is 17.5. The second kappa shape index (κ2) is 12.7. The molecule has 194 valence electrons. The van der Waals surface area contributed by atoms with Crippen LogP contribution in [-0.4, -0.2) is 79.5 Å². The third-order valence-electron chi connectivity index (χ3n) is 6.97. The molecule has 4 rings (SSSR count). The molecular formula is C27H36N4O5. The molecule has 9 nitrogen and oxygen atoms in total. The first-order valence-corrected chi connectivity index (χ1v) is 12.8. The molecule has 36 heavy (non-hydrogen) atoms. The van der Waals surface area contributed by atoms with E-state index in [4.69, 9.17) is 9.15 Å². The molecule has 1 aromatic carbocycles. The third kappa shape index (κ3) is 6.73. The molecule has 2 aromatic rings. The summed E-state index contributed by atoms with van der Waals surface area (Å²) < 4.78 is 10.6. The van der Waals surface area contributed by atoms with Gasteiger partial charge in [-0.25, -0.2) is 0 Å². The Labute approximate surface area is 212 Å². The average molecular weight is 497 g/mol. The summed E-state index contributed by atoms with van der Waals surface area (Å²) in [7, 11) is 0. The van der Waals surface area contributed by atoms with Crippen molar-refractivity contribution in [2.45, 2.75) is 44.7 Å². The monoisotopic (exact) mass is 496 g/mol. The van der Waals surface area contributed by atoms with Crippen molar-refractivity contribution in [3.63, 3.8) is 0 Å². The fourth-order valence-corrected chi connectivity index (χ4v) is 4.92. The Bertz CT molecular complexity index is 1010. The van der Waals surface area contributed by atoms with E-state index in [-0.39, 0.29) is 30.2 Å². The summed E-state index contributed by atoms with van der Waals surface area (Å²) in [6.07, 6.45) is 5.50. The van der Waals surface area contributed by atoms with Gasteiger partial charge in [0.1, 0.15) is 6.04 Å². The van der Waals surface area contributed by atoms with Gasteiger partial charge >= 0.3 is 0 Å². The highest BCUT2D eigenvalue weighted by Crippen LogP contribution is 2.26. The van der Waals surface area contributed by atoms with Crippen molar-refractivity contribution >= 4 is 17.7 Å². The molecule has 1 atom stereocenters. The Morgan fingerprint density at radius 1 is 1.08 bits per heavy atom. The molecule has 2 N–H and O–H groups in total. The number of carbonyl (C=O) groups is 3. The molecule has 2 fully saturated rings. The maximum Gasteiger partial charge on any atom is 0.287 e. The Balaban J connectivity index is 1.57. The zero-order valence-electron chi connectivity index (χ0n) is 20.9. The SMILES string of the molecule is Cc1ccccc1[C@H](C(=O)NC1CCCC1)N(CCN1CCOCC1)C(=O)CNC(=O)c1ccco1. The Morgan fingerprint density at radius 2 is 1.83 bits per heavy atom. The van der Waals surface area contributed by atoms with Crippen LogP contribution in [0.15, 0.2) is 47.1 Å². The number of ether oxygens (including phenoxy) is 1. The van der Waals surface area contributed by atoms with Crippen LogP contribution in [0.1, 0.15) is 53.4 Å². The zero-order valence-corrected chi connectivity index (χ0v) is 20.9. The van der Waals surface area contributed by atoms with Crippen LogP contribution in [0.25, 0.3) is 0 Å². The van der Waals surface area contributed by atoms with Gasteiger partial charge in [-0.3, -0.25) is 19.3 Å². The molecule has 1 saturated carbocycles. The van der Waals surface area contributed by atoms with Gasteiger partial charge in [0.15, 0.2) is 5.76 Å². The number of amides is 3. The minimum absolute atomic E-state index is 0.124. The molecule has 1 aromatic heterocycles. The number of nitrogens with zero attached hydrogens (tertiary/aromatic N) is 2. The summed E-state index contributed by atoms with van der Waals surface area (Å²) >= 11 is 0. The highest BCUT2D eigenvalue weighted by atomic mass is 16.5. The number of carbonyl (C=O) groups excluding carboxylic acids is 3. The van der Waals surface area contributed by atoms with E-state index in [1.165, 1.54) is 6.26 Å². The van der Waals surface area contributed by atoms with Crippen molar-refractivity contribution in [1.29, 1.82) is 0 Å². The molecule has 1 aliphatic heterocycles. The van der Waals surface area contributed by atoms with Crippen molar-refractivity contribution in [2.75, 3.05) is 45.9 Å². The van der Waals surface area contributed by atoms with E-state index in [2.05, 4.69) is 15.5 Å². The molecule has 1 aliphatic carbocycles. The zero-order chi connectivity index (χ0) is 25.3. The number of benzene rings is 1. The molecule has 3 amide bonds. The standard InChI is InChI=1S/C27H36N4O5/c1-20-7-2-5-10-22(20)25(27(34)29-21-8-3-4-9-21)31(13-12-30-14-17-35-18-15-30)24(32)19-28-26(33)23-11-6-16-36-23/h2,5-7,10-11,16,21,25H,3-4,8-9,12-15,17-19H2,1H3,(H,28,33)(H,29,34)/t25-/m1/s1. The van der Waals surface area contributed by atoms with E-state index < -0.39 is 11.9 Å². The largest absolute Gasteiger partial charge is 0.459 e. The quantitative estimate of drug-likeness (QED) is 0.523. The molecule has 2 heterocycles. The maximum atomic E-state index is 13.7. The van der Waals surface area contributed by atoms with Crippen molar-refractivity contribution in [2.24, 2.45) is 0 Å². The van der Waals surface area contributed by atoms with Crippen LogP contribution in [0.2, 0.25) is 0 Å². The number of hydrogen-bond acceptors (Lipinski definition) is 6. The van der Waals surface area contributed by atoms with Crippen LogP contribution in [-0.2, 0) is 14.3 Å². The van der Waals surface area contributed by atoms with E-state index in [0.29, 0.717) is 26.3 Å². The summed E-state index contributed by atoms with van der Waals surface area (Å²) in [5.41, 5.74) is 1.73. The molecule has 0 spiro atoms. The molecule has 0 unspecified atom stereocenters. The highest BCUT2D eigenvalue weighted by Gasteiger charge is 2.34. The topological polar surface area (TPSA) is 104 Å². The summed E-state index contributed by atoms with van der Waals surface area (Å²) in [6, 6.07) is 10.2. The van der Waals surface area contributed by atoms with Gasteiger partial charge in [0.05, 0.1) is 26.0 Å². The van der Waals surface area contributed by atoms with Gasteiger partial charge in [-0.05, 0) is 43.0 Å². The number of rotatable bonds is 10. The van der Waals surface area contributed by atoms with Crippen LogP contribution in [0.3, 0.4) is 0 Å². The van der Waals surface area contributed by atoms with Crippen LogP contribution in [0.5, 0.6) is 0 Å². The van der Waals surface area contributed by atoms with Gasteiger partial charge in [0, 0.05) is 32.2 Å². The van der Waals surface area contributed by atoms with E-state index in [9.17, 15) is 14.4 Å². The van der Waals surface area contributed by atoms with E-state index in [1.54, 1.807) is 17.0 Å². The Kier molecular flexibility index (Phi) is 9.13. The van der Waals surface area contributed by atoms with Gasteiger partial charge in [0.2, 0.25) is 11.8 Å². The van der Waals surface area contributed by atoms with Gasteiger partial charge in [-0.1, -0.05) is 37.1 Å². The maximum absolute atomic E-state index is 13.7. The third-order valence-corrected chi connectivity index (χ3v) is 6.97. The van der Waals surface area contributed by atoms with Crippen LogP contribution < -0.4 is 10.6 Å². The fraction of sp³-hybridized carbons (Fsp3) is 0.519. The first-order chi connectivity index (χ1) is 17.5. The number of hydrogen-bond donors (Lipinski definition) is 2. The lowest BCUT2D eigenvalue weighted by molar-refractivity contribution is -0.140. The average Bonchev–Trinajstić information content (AvgIpc) is 3.61. The van der Waals surface area contributed by atoms with Crippen molar-refractivity contribution in [3.05, 3.63) is 59.5 Å². The molecule has 2 aliphatic rings. The lowest BCUT2D eigenvalue weighted by Crippen LogP contribution is -2.51. The molecule has 9 heteroatoms. The Morgan fingerprint density at radius 3 is 2.53 bits per heavy atom. The summed E-state index contributed by atoms with van der Waals surface area (Å²) in [6.45, 7) is 5.54. The summed E-state index contributed by atoms with van der Waals surface area (Å²) in [5, 5.41) is 5.84. The minimum atomic E-state index is -0.791. The second-order valence-corrected chi connectivity index (χ2v) is 9.45. The second-order valence-electron chi connectivity index (χ2n) is 9.45. The van der Waals surface area contributed by atoms with Crippen molar-refractivity contribution < 1.29 is 23.5 Å². The lowest BCUT2D eigenvalue weighted by Gasteiger charge is -2.35. The van der Waals surface area contributed by atoms with Crippen LogP contribution in [0, 0.1) is 6.92 Å². The van der Waals surface area contributed by atoms with Gasteiger partial charge in [-0.15, -0.1) is 0 Å². The first-order valence-electron chi connectivity index (χ1n) is 12.8. The Hall–Kier alpha value is -3.17.